The number of nitrogens with one attached hydrogen (secondary N) is 1. The quantitative estimate of drug-likeness (QED) is 0.798. The minimum absolute atomic E-state index is 0.192. The number of nitrogens with zero attached hydrogens (tertiary/aromatic N) is 2. The van der Waals surface area contributed by atoms with Gasteiger partial charge in [0.2, 0.25) is 5.89 Å². The first-order valence-corrected chi connectivity index (χ1v) is 4.90. The lowest BCUT2D eigenvalue weighted by atomic mass is 9.85. The summed E-state index contributed by atoms with van der Waals surface area (Å²) in [5.74, 6) is 1.40. The van der Waals surface area contributed by atoms with E-state index in [-0.39, 0.29) is 5.41 Å². The summed E-state index contributed by atoms with van der Waals surface area (Å²) in [4.78, 5) is 4.19. The Labute approximate surface area is 85.1 Å². The van der Waals surface area contributed by atoms with E-state index in [0.717, 1.165) is 6.42 Å². The van der Waals surface area contributed by atoms with Crippen LogP contribution >= 0.6 is 0 Å². The molecule has 4 nitrogen and oxygen atoms in total. The van der Waals surface area contributed by atoms with Crippen LogP contribution in [0.2, 0.25) is 0 Å². The molecule has 0 spiro atoms. The molecule has 1 atom stereocenters. The standard InChI is InChI=1S/C10H19N3O/c1-7-12-9(14-13-7)6-8(11-5)10(2,3)4/h8,11H,6H2,1-5H3. The van der Waals surface area contributed by atoms with Crippen molar-refractivity contribution in [2.45, 2.75) is 40.2 Å². The maximum atomic E-state index is 5.09. The zero-order valence-electron chi connectivity index (χ0n) is 9.59. The van der Waals surface area contributed by atoms with Gasteiger partial charge < -0.3 is 9.84 Å². The predicted octanol–water partition coefficient (Wildman–Crippen LogP) is 1.55. The van der Waals surface area contributed by atoms with E-state index >= 15 is 0 Å². The van der Waals surface area contributed by atoms with Gasteiger partial charge in [0.1, 0.15) is 0 Å². The zero-order valence-corrected chi connectivity index (χ0v) is 9.59. The molecule has 1 N–H and O–H groups in total. The molecule has 4 heteroatoms. The van der Waals surface area contributed by atoms with Gasteiger partial charge in [0.25, 0.3) is 0 Å². The Morgan fingerprint density at radius 1 is 1.43 bits per heavy atom. The molecule has 0 fully saturated rings. The third-order valence-corrected chi connectivity index (χ3v) is 2.34. The molecular weight excluding hydrogens is 178 g/mol. The summed E-state index contributed by atoms with van der Waals surface area (Å²) in [5.41, 5.74) is 0.192. The van der Waals surface area contributed by atoms with E-state index < -0.39 is 0 Å². The molecule has 0 saturated carbocycles. The van der Waals surface area contributed by atoms with Crippen LogP contribution in [-0.2, 0) is 6.42 Å². The van der Waals surface area contributed by atoms with Crippen molar-refractivity contribution in [3.8, 4) is 0 Å². The van der Waals surface area contributed by atoms with Crippen LogP contribution in [0.1, 0.15) is 32.5 Å². The van der Waals surface area contributed by atoms with Crippen LogP contribution in [0.15, 0.2) is 4.52 Å². The van der Waals surface area contributed by atoms with E-state index in [4.69, 9.17) is 4.52 Å². The lowest BCUT2D eigenvalue weighted by molar-refractivity contribution is 0.255. The fourth-order valence-electron chi connectivity index (χ4n) is 1.44. The van der Waals surface area contributed by atoms with Crippen LogP contribution in [0.5, 0.6) is 0 Å². The SMILES string of the molecule is CNC(Cc1nc(C)no1)C(C)(C)C. The van der Waals surface area contributed by atoms with Crippen LogP contribution < -0.4 is 5.32 Å². The molecule has 1 aromatic heterocycles. The highest BCUT2D eigenvalue weighted by molar-refractivity contribution is 4.91. The van der Waals surface area contributed by atoms with Gasteiger partial charge in [-0.1, -0.05) is 25.9 Å². The Bertz CT molecular complexity index is 288. The van der Waals surface area contributed by atoms with Crippen LogP contribution in [0.4, 0.5) is 0 Å². The van der Waals surface area contributed by atoms with Crippen molar-refractivity contribution in [2.75, 3.05) is 7.05 Å². The van der Waals surface area contributed by atoms with Gasteiger partial charge >= 0.3 is 0 Å². The van der Waals surface area contributed by atoms with Crippen LogP contribution in [0, 0.1) is 12.3 Å². The average molecular weight is 197 g/mol. The summed E-state index contributed by atoms with van der Waals surface area (Å²) in [6.45, 7) is 8.41. The summed E-state index contributed by atoms with van der Waals surface area (Å²) in [7, 11) is 1.96. The molecule has 1 aromatic rings. The monoisotopic (exact) mass is 197 g/mol. The van der Waals surface area contributed by atoms with Gasteiger partial charge in [-0.2, -0.15) is 4.98 Å². The molecule has 0 bridgehead atoms. The topological polar surface area (TPSA) is 51.0 Å². The lowest BCUT2D eigenvalue weighted by Gasteiger charge is -2.29. The van der Waals surface area contributed by atoms with Gasteiger partial charge in [0.15, 0.2) is 5.82 Å². The van der Waals surface area contributed by atoms with Crippen LogP contribution in [-0.4, -0.2) is 23.2 Å². The van der Waals surface area contributed by atoms with Crippen molar-refractivity contribution in [1.29, 1.82) is 0 Å². The average Bonchev–Trinajstić information content (AvgIpc) is 2.45. The van der Waals surface area contributed by atoms with Gasteiger partial charge in [-0.3, -0.25) is 0 Å². The largest absolute Gasteiger partial charge is 0.339 e. The molecule has 0 aliphatic carbocycles. The summed E-state index contributed by atoms with van der Waals surface area (Å²) in [6, 6.07) is 0.349. The summed E-state index contributed by atoms with van der Waals surface area (Å²) in [6.07, 6.45) is 0.779. The maximum Gasteiger partial charge on any atom is 0.228 e. The van der Waals surface area contributed by atoms with Gasteiger partial charge in [-0.15, -0.1) is 0 Å². The second-order valence-electron chi connectivity index (χ2n) is 4.65. The van der Waals surface area contributed by atoms with Crippen molar-refractivity contribution in [3.63, 3.8) is 0 Å². The van der Waals surface area contributed by atoms with Gasteiger partial charge in [-0.25, -0.2) is 0 Å². The van der Waals surface area contributed by atoms with E-state index in [0.29, 0.717) is 17.8 Å². The summed E-state index contributed by atoms with van der Waals surface area (Å²) < 4.78 is 5.09. The van der Waals surface area contributed by atoms with Crippen molar-refractivity contribution >= 4 is 0 Å². The van der Waals surface area contributed by atoms with Gasteiger partial charge in [0, 0.05) is 12.5 Å². The van der Waals surface area contributed by atoms with E-state index in [2.05, 4.69) is 36.2 Å². The molecule has 1 rings (SSSR count). The lowest BCUT2D eigenvalue weighted by Crippen LogP contribution is -2.39. The Morgan fingerprint density at radius 3 is 2.43 bits per heavy atom. The molecule has 1 heterocycles. The maximum absolute atomic E-state index is 5.09. The minimum Gasteiger partial charge on any atom is -0.339 e. The molecule has 0 radical (unpaired) electrons. The molecule has 0 saturated heterocycles. The molecule has 0 aliphatic rings. The normalized spacial score (nSPS) is 14.4. The number of hydrogen-bond donors (Lipinski definition) is 1. The summed E-state index contributed by atoms with van der Waals surface area (Å²) >= 11 is 0. The van der Waals surface area contributed by atoms with Crippen LogP contribution in [0.3, 0.4) is 0 Å². The van der Waals surface area contributed by atoms with Crippen molar-refractivity contribution in [2.24, 2.45) is 5.41 Å². The highest BCUT2D eigenvalue weighted by atomic mass is 16.5. The zero-order chi connectivity index (χ0) is 10.8. The van der Waals surface area contributed by atoms with Crippen molar-refractivity contribution in [1.82, 2.24) is 15.5 Å². The second-order valence-corrected chi connectivity index (χ2v) is 4.65. The van der Waals surface area contributed by atoms with Crippen molar-refractivity contribution < 1.29 is 4.52 Å². The first-order valence-electron chi connectivity index (χ1n) is 4.90. The Morgan fingerprint density at radius 2 is 2.07 bits per heavy atom. The molecule has 14 heavy (non-hydrogen) atoms. The smallest absolute Gasteiger partial charge is 0.228 e. The fraction of sp³-hybridized carbons (Fsp3) is 0.800. The number of hydrogen-bond acceptors (Lipinski definition) is 4. The summed E-state index contributed by atoms with van der Waals surface area (Å²) in [5, 5.41) is 7.04. The molecule has 0 aliphatic heterocycles. The molecule has 80 valence electrons. The van der Waals surface area contributed by atoms with Gasteiger partial charge in [0.05, 0.1) is 0 Å². The second kappa shape index (κ2) is 4.09. The van der Waals surface area contributed by atoms with E-state index in [1.54, 1.807) is 0 Å². The number of rotatable bonds is 3. The minimum atomic E-state index is 0.192. The molecule has 0 amide bonds. The predicted molar refractivity (Wildman–Crippen MR) is 55.0 cm³/mol. The third-order valence-electron chi connectivity index (χ3n) is 2.34. The molecule has 1 unspecified atom stereocenters. The van der Waals surface area contributed by atoms with Gasteiger partial charge in [-0.05, 0) is 19.4 Å². The molecule has 0 aromatic carbocycles. The third kappa shape index (κ3) is 2.80. The molecular formula is C10H19N3O. The Hall–Kier alpha value is -0.900. The first-order chi connectivity index (χ1) is 6.43. The van der Waals surface area contributed by atoms with E-state index in [9.17, 15) is 0 Å². The first kappa shape index (κ1) is 11.2. The Kier molecular flexibility index (Phi) is 3.26. The van der Waals surface area contributed by atoms with E-state index in [1.165, 1.54) is 0 Å². The van der Waals surface area contributed by atoms with Crippen LogP contribution in [0.25, 0.3) is 0 Å². The Balaban J connectivity index is 2.66. The fourth-order valence-corrected chi connectivity index (χ4v) is 1.44. The number of likely N-dealkylation sites (N-methyl/N-ethyl adjacent to an activating group) is 1. The highest BCUT2D eigenvalue weighted by Crippen LogP contribution is 2.21. The van der Waals surface area contributed by atoms with E-state index in [1.807, 2.05) is 14.0 Å². The number of aromatic nitrogens is 2. The number of aryl methyl sites for hydroxylation is 1. The van der Waals surface area contributed by atoms with Crippen molar-refractivity contribution in [3.05, 3.63) is 11.7 Å². The highest BCUT2D eigenvalue weighted by Gasteiger charge is 2.25.